The molecule has 6 heteroatoms. The minimum Gasteiger partial charge on any atom is -0.482 e. The molecule has 0 atom stereocenters. The van der Waals surface area contributed by atoms with Crippen molar-refractivity contribution in [3.05, 3.63) is 41.8 Å². The Morgan fingerprint density at radius 1 is 1.30 bits per heavy atom. The molecular formula is C14H16FN3O2. The van der Waals surface area contributed by atoms with Crippen molar-refractivity contribution in [2.45, 2.75) is 25.4 Å². The molecule has 0 amide bonds. The molecule has 0 unspecified atom stereocenters. The van der Waals surface area contributed by atoms with Crippen LogP contribution in [0.3, 0.4) is 0 Å². The van der Waals surface area contributed by atoms with Gasteiger partial charge in [0.15, 0.2) is 18.2 Å². The molecule has 1 aliphatic rings. The maximum atomic E-state index is 13.4. The van der Waals surface area contributed by atoms with Gasteiger partial charge >= 0.3 is 0 Å². The van der Waals surface area contributed by atoms with Gasteiger partial charge in [-0.1, -0.05) is 17.3 Å². The summed E-state index contributed by atoms with van der Waals surface area (Å²) in [5.41, 5.74) is 0. The van der Waals surface area contributed by atoms with Crippen LogP contribution in [-0.2, 0) is 6.61 Å². The van der Waals surface area contributed by atoms with Gasteiger partial charge in [-0.3, -0.25) is 0 Å². The number of hydrogen-bond acceptors (Lipinski definition) is 5. The lowest BCUT2D eigenvalue weighted by molar-refractivity contribution is 0.270. The molecule has 1 fully saturated rings. The van der Waals surface area contributed by atoms with Crippen molar-refractivity contribution in [2.75, 3.05) is 13.1 Å². The highest BCUT2D eigenvalue weighted by atomic mass is 19.1. The highest BCUT2D eigenvalue weighted by Gasteiger charge is 2.21. The fraction of sp³-hybridized carbons (Fsp3) is 0.429. The molecular weight excluding hydrogens is 261 g/mol. The number of ether oxygens (including phenoxy) is 1. The van der Waals surface area contributed by atoms with Gasteiger partial charge in [-0.2, -0.15) is 4.98 Å². The van der Waals surface area contributed by atoms with Gasteiger partial charge < -0.3 is 14.6 Å². The van der Waals surface area contributed by atoms with E-state index < -0.39 is 5.82 Å². The molecule has 1 saturated heterocycles. The normalized spacial score (nSPS) is 16.2. The molecule has 1 aromatic carbocycles. The van der Waals surface area contributed by atoms with Crippen LogP contribution in [0.15, 0.2) is 28.8 Å². The summed E-state index contributed by atoms with van der Waals surface area (Å²) in [6, 6.07) is 6.26. The lowest BCUT2D eigenvalue weighted by Gasteiger charge is -2.18. The van der Waals surface area contributed by atoms with Gasteiger partial charge in [-0.15, -0.1) is 0 Å². The van der Waals surface area contributed by atoms with Crippen LogP contribution >= 0.6 is 0 Å². The summed E-state index contributed by atoms with van der Waals surface area (Å²) in [5, 5.41) is 7.17. The smallest absolute Gasteiger partial charge is 0.229 e. The average Bonchev–Trinajstić information content (AvgIpc) is 2.96. The lowest BCUT2D eigenvalue weighted by atomic mass is 9.98. The fourth-order valence-electron chi connectivity index (χ4n) is 2.26. The minimum absolute atomic E-state index is 0.107. The Hall–Kier alpha value is -1.95. The highest BCUT2D eigenvalue weighted by molar-refractivity contribution is 5.23. The molecule has 0 radical (unpaired) electrons. The van der Waals surface area contributed by atoms with E-state index in [0.717, 1.165) is 25.9 Å². The third-order valence-corrected chi connectivity index (χ3v) is 3.37. The van der Waals surface area contributed by atoms with Crippen molar-refractivity contribution < 1.29 is 13.7 Å². The molecule has 1 N–H and O–H groups in total. The number of piperidine rings is 1. The Morgan fingerprint density at radius 2 is 2.10 bits per heavy atom. The third-order valence-electron chi connectivity index (χ3n) is 3.37. The Balaban J connectivity index is 1.61. The first-order valence-electron chi connectivity index (χ1n) is 6.73. The van der Waals surface area contributed by atoms with Crippen molar-refractivity contribution in [1.29, 1.82) is 0 Å². The predicted octanol–water partition coefficient (Wildman–Crippen LogP) is 2.25. The number of rotatable bonds is 4. The second-order valence-electron chi connectivity index (χ2n) is 4.79. The maximum Gasteiger partial charge on any atom is 0.229 e. The Labute approximate surface area is 116 Å². The van der Waals surface area contributed by atoms with Gasteiger partial charge in [-0.25, -0.2) is 4.39 Å². The summed E-state index contributed by atoms with van der Waals surface area (Å²) in [5.74, 6) is 1.21. The van der Waals surface area contributed by atoms with E-state index in [0.29, 0.717) is 17.6 Å². The first-order valence-corrected chi connectivity index (χ1v) is 6.73. The number of hydrogen-bond donors (Lipinski definition) is 1. The molecule has 5 nitrogen and oxygen atoms in total. The van der Waals surface area contributed by atoms with E-state index in [1.165, 1.54) is 6.07 Å². The number of halogens is 1. The maximum absolute atomic E-state index is 13.4. The molecule has 0 aliphatic carbocycles. The largest absolute Gasteiger partial charge is 0.482 e. The Kier molecular flexibility index (Phi) is 3.92. The van der Waals surface area contributed by atoms with Gasteiger partial charge in [0.05, 0.1) is 0 Å². The zero-order chi connectivity index (χ0) is 13.8. The monoisotopic (exact) mass is 277 g/mol. The second-order valence-corrected chi connectivity index (χ2v) is 4.79. The van der Waals surface area contributed by atoms with Crippen molar-refractivity contribution in [2.24, 2.45) is 0 Å². The van der Waals surface area contributed by atoms with E-state index in [-0.39, 0.29) is 12.4 Å². The number of nitrogens with zero attached hydrogens (tertiary/aromatic N) is 2. The van der Waals surface area contributed by atoms with Crippen molar-refractivity contribution >= 4 is 0 Å². The van der Waals surface area contributed by atoms with Crippen LogP contribution in [0, 0.1) is 5.82 Å². The molecule has 106 valence electrons. The number of benzene rings is 1. The number of aromatic nitrogens is 2. The van der Waals surface area contributed by atoms with E-state index >= 15 is 0 Å². The summed E-state index contributed by atoms with van der Waals surface area (Å²) >= 11 is 0. The summed E-state index contributed by atoms with van der Waals surface area (Å²) in [6.45, 7) is 2.04. The van der Waals surface area contributed by atoms with Crippen LogP contribution in [0.1, 0.15) is 30.5 Å². The van der Waals surface area contributed by atoms with Crippen molar-refractivity contribution in [3.8, 4) is 5.75 Å². The van der Waals surface area contributed by atoms with E-state index in [1.807, 2.05) is 0 Å². The van der Waals surface area contributed by atoms with Crippen LogP contribution in [0.5, 0.6) is 5.75 Å². The van der Waals surface area contributed by atoms with Crippen molar-refractivity contribution in [3.63, 3.8) is 0 Å². The molecule has 3 rings (SSSR count). The molecule has 2 heterocycles. The minimum atomic E-state index is -0.394. The SMILES string of the molecule is Fc1ccccc1OCc1noc(C2CCNCC2)n1. The lowest BCUT2D eigenvalue weighted by Crippen LogP contribution is -2.26. The molecule has 1 aliphatic heterocycles. The van der Waals surface area contributed by atoms with E-state index in [1.54, 1.807) is 18.2 Å². The quantitative estimate of drug-likeness (QED) is 0.928. The standard InChI is InChI=1S/C14H16FN3O2/c15-11-3-1-2-4-12(11)19-9-13-17-14(20-18-13)10-5-7-16-8-6-10/h1-4,10,16H,5-9H2. The Morgan fingerprint density at radius 3 is 2.90 bits per heavy atom. The first kappa shape index (κ1) is 13.1. The van der Waals surface area contributed by atoms with Crippen LogP contribution < -0.4 is 10.1 Å². The summed E-state index contributed by atoms with van der Waals surface area (Å²) in [6.07, 6.45) is 1.99. The zero-order valence-electron chi connectivity index (χ0n) is 11.0. The number of nitrogens with one attached hydrogen (secondary N) is 1. The molecule has 0 spiro atoms. The fourth-order valence-corrected chi connectivity index (χ4v) is 2.26. The molecule has 1 aromatic heterocycles. The summed E-state index contributed by atoms with van der Waals surface area (Å²) in [4.78, 5) is 4.33. The van der Waals surface area contributed by atoms with Gasteiger partial charge in [0.2, 0.25) is 11.7 Å². The van der Waals surface area contributed by atoms with Gasteiger partial charge in [-0.05, 0) is 38.1 Å². The van der Waals surface area contributed by atoms with E-state index in [2.05, 4.69) is 15.5 Å². The van der Waals surface area contributed by atoms with Crippen LogP contribution in [0.4, 0.5) is 4.39 Å². The Bertz CT molecular complexity index is 567. The summed E-state index contributed by atoms with van der Waals surface area (Å²) in [7, 11) is 0. The summed E-state index contributed by atoms with van der Waals surface area (Å²) < 4.78 is 24.0. The van der Waals surface area contributed by atoms with Crippen molar-refractivity contribution in [1.82, 2.24) is 15.5 Å². The van der Waals surface area contributed by atoms with Crippen LogP contribution in [-0.4, -0.2) is 23.2 Å². The molecule has 0 saturated carbocycles. The highest BCUT2D eigenvalue weighted by Crippen LogP contribution is 2.23. The molecule has 20 heavy (non-hydrogen) atoms. The van der Waals surface area contributed by atoms with Gasteiger partial charge in [0, 0.05) is 5.92 Å². The number of para-hydroxylation sites is 1. The third kappa shape index (κ3) is 2.96. The van der Waals surface area contributed by atoms with Crippen LogP contribution in [0.2, 0.25) is 0 Å². The molecule has 0 bridgehead atoms. The van der Waals surface area contributed by atoms with Crippen LogP contribution in [0.25, 0.3) is 0 Å². The topological polar surface area (TPSA) is 60.2 Å². The molecule has 2 aromatic rings. The average molecular weight is 277 g/mol. The first-order chi connectivity index (χ1) is 9.83. The predicted molar refractivity (Wildman–Crippen MR) is 69.9 cm³/mol. The second kappa shape index (κ2) is 6.00. The van der Waals surface area contributed by atoms with E-state index in [9.17, 15) is 4.39 Å². The van der Waals surface area contributed by atoms with E-state index in [4.69, 9.17) is 9.26 Å². The zero-order valence-corrected chi connectivity index (χ0v) is 11.0. The van der Waals surface area contributed by atoms with Gasteiger partial charge in [0.1, 0.15) is 0 Å². The van der Waals surface area contributed by atoms with Gasteiger partial charge in [0.25, 0.3) is 0 Å².